The molecule has 1 aromatic rings. The zero-order valence-electron chi connectivity index (χ0n) is 4.81. The van der Waals surface area contributed by atoms with Crippen LogP contribution in [0, 0.1) is 18.3 Å². The van der Waals surface area contributed by atoms with Crippen molar-refractivity contribution in [2.45, 2.75) is 0 Å². The van der Waals surface area contributed by atoms with Crippen molar-refractivity contribution in [2.75, 3.05) is 0 Å². The van der Waals surface area contributed by atoms with Gasteiger partial charge in [-0.1, -0.05) is 0 Å². The summed E-state index contributed by atoms with van der Waals surface area (Å²) < 4.78 is 24.5. The first-order chi connectivity index (χ1) is 4.75. The Hall–Kier alpha value is -1.50. The fourth-order valence-electron chi connectivity index (χ4n) is 0.495. The van der Waals surface area contributed by atoms with Crippen molar-refractivity contribution < 1.29 is 8.78 Å². The van der Waals surface area contributed by atoms with Crippen LogP contribution in [0.4, 0.5) is 14.5 Å². The molecule has 1 rings (SSSR count). The van der Waals surface area contributed by atoms with E-state index in [9.17, 15) is 8.78 Å². The Kier molecular flexibility index (Phi) is 1.59. The van der Waals surface area contributed by atoms with Crippen LogP contribution in [0.25, 0.3) is 4.85 Å². The molecule has 0 spiro atoms. The van der Waals surface area contributed by atoms with E-state index in [1.807, 2.05) is 0 Å². The molecule has 10 heavy (non-hydrogen) atoms. The van der Waals surface area contributed by atoms with Crippen molar-refractivity contribution in [3.63, 3.8) is 0 Å². The average Bonchev–Trinajstić information content (AvgIpc) is 1.95. The predicted molar refractivity (Wildman–Crippen MR) is 30.4 cm³/mol. The number of nitrogens with zero attached hydrogens (tertiary/aromatic N) is 2. The maximum atomic E-state index is 12.4. The maximum absolute atomic E-state index is 12.4. The zero-order chi connectivity index (χ0) is 7.56. The first kappa shape index (κ1) is 6.62. The quantitative estimate of drug-likeness (QED) is 0.397. The van der Waals surface area contributed by atoms with Crippen molar-refractivity contribution in [1.82, 2.24) is 4.98 Å². The van der Waals surface area contributed by atoms with E-state index < -0.39 is 11.8 Å². The molecular weight excluding hydrogens is 138 g/mol. The molecule has 2 nitrogen and oxygen atoms in total. The third-order valence-electron chi connectivity index (χ3n) is 0.947. The van der Waals surface area contributed by atoms with Gasteiger partial charge in [-0.2, -0.15) is 4.39 Å². The van der Waals surface area contributed by atoms with Crippen LogP contribution in [0.5, 0.6) is 0 Å². The lowest BCUT2D eigenvalue weighted by Gasteiger charge is -1.90. The molecule has 0 fully saturated rings. The summed E-state index contributed by atoms with van der Waals surface area (Å²) in [5.74, 6) is -2.41. The Morgan fingerprint density at radius 3 is 2.70 bits per heavy atom. The monoisotopic (exact) mass is 140 g/mol. The Labute approximate surface area is 55.9 Å². The fraction of sp³-hybridized carbons (Fsp3) is 0. The highest BCUT2D eigenvalue weighted by molar-refractivity contribution is 5.43. The van der Waals surface area contributed by atoms with Crippen LogP contribution in [0.15, 0.2) is 12.3 Å². The standard InChI is InChI=1S/C6H2F2N2/c1-9-4-2-3-10-6(8)5(4)7/h2-3H. The van der Waals surface area contributed by atoms with Gasteiger partial charge in [-0.25, -0.2) is 14.2 Å². The number of pyridine rings is 1. The highest BCUT2D eigenvalue weighted by Crippen LogP contribution is 2.16. The molecule has 0 aromatic carbocycles. The van der Waals surface area contributed by atoms with E-state index in [4.69, 9.17) is 6.57 Å². The van der Waals surface area contributed by atoms with Crippen LogP contribution in [0.1, 0.15) is 0 Å². The molecule has 0 atom stereocenters. The second-order valence-electron chi connectivity index (χ2n) is 1.55. The lowest BCUT2D eigenvalue weighted by Crippen LogP contribution is -1.86. The molecule has 0 aliphatic carbocycles. The van der Waals surface area contributed by atoms with Crippen molar-refractivity contribution >= 4 is 5.69 Å². The van der Waals surface area contributed by atoms with Crippen LogP contribution in [0.3, 0.4) is 0 Å². The summed E-state index contributed by atoms with van der Waals surface area (Å²) in [6.45, 7) is 6.37. The second kappa shape index (κ2) is 2.40. The SMILES string of the molecule is [C-]#[N+]c1ccnc(F)c1F. The van der Waals surface area contributed by atoms with Gasteiger partial charge >= 0.3 is 0 Å². The molecule has 1 aromatic heterocycles. The van der Waals surface area contributed by atoms with Crippen LogP contribution >= 0.6 is 0 Å². The average molecular weight is 140 g/mol. The molecule has 0 N–H and O–H groups in total. The lowest BCUT2D eigenvalue weighted by atomic mass is 10.4. The topological polar surface area (TPSA) is 17.2 Å². The van der Waals surface area contributed by atoms with Crippen molar-refractivity contribution in [3.8, 4) is 0 Å². The summed E-state index contributed by atoms with van der Waals surface area (Å²) in [6.07, 6.45) is 1.05. The van der Waals surface area contributed by atoms with Gasteiger partial charge in [0.2, 0.25) is 11.6 Å². The minimum atomic E-state index is -1.23. The zero-order valence-corrected chi connectivity index (χ0v) is 4.81. The molecule has 0 aliphatic heterocycles. The molecule has 0 saturated heterocycles. The van der Waals surface area contributed by atoms with Gasteiger partial charge in [0.15, 0.2) is 5.82 Å². The van der Waals surface area contributed by atoms with Crippen molar-refractivity contribution in [1.29, 1.82) is 0 Å². The predicted octanol–water partition coefficient (Wildman–Crippen LogP) is 1.91. The van der Waals surface area contributed by atoms with E-state index in [0.29, 0.717) is 0 Å². The Balaban J connectivity index is 3.31. The van der Waals surface area contributed by atoms with E-state index in [2.05, 4.69) is 9.83 Å². The third kappa shape index (κ3) is 0.935. The van der Waals surface area contributed by atoms with Gasteiger partial charge < -0.3 is 0 Å². The second-order valence-corrected chi connectivity index (χ2v) is 1.55. The lowest BCUT2D eigenvalue weighted by molar-refractivity contribution is 0.483. The van der Waals surface area contributed by atoms with E-state index in [1.165, 1.54) is 0 Å². The van der Waals surface area contributed by atoms with E-state index in [0.717, 1.165) is 12.3 Å². The first-order valence-electron chi connectivity index (χ1n) is 2.43. The van der Waals surface area contributed by atoms with Crippen LogP contribution in [-0.4, -0.2) is 4.98 Å². The van der Waals surface area contributed by atoms with Gasteiger partial charge in [0.05, 0.1) is 6.57 Å². The van der Waals surface area contributed by atoms with Gasteiger partial charge in [0, 0.05) is 6.20 Å². The molecule has 50 valence electrons. The fourth-order valence-corrected chi connectivity index (χ4v) is 0.495. The van der Waals surface area contributed by atoms with E-state index in [1.54, 1.807) is 0 Å². The Bertz CT molecular complexity index is 290. The molecule has 0 amide bonds. The number of halogens is 2. The van der Waals surface area contributed by atoms with Crippen LogP contribution < -0.4 is 0 Å². The number of hydrogen-bond acceptors (Lipinski definition) is 1. The Morgan fingerprint density at radius 1 is 1.50 bits per heavy atom. The minimum Gasteiger partial charge on any atom is -0.235 e. The smallest absolute Gasteiger partial charge is 0.235 e. The van der Waals surface area contributed by atoms with Crippen molar-refractivity contribution in [3.05, 3.63) is 35.4 Å². The summed E-state index contributed by atoms with van der Waals surface area (Å²) in [5, 5.41) is 0. The Morgan fingerprint density at radius 2 is 2.20 bits per heavy atom. The number of rotatable bonds is 0. The maximum Gasteiger partial charge on any atom is 0.237 e. The van der Waals surface area contributed by atoms with Gasteiger partial charge in [0.25, 0.3) is 0 Å². The molecule has 4 heteroatoms. The van der Waals surface area contributed by atoms with E-state index >= 15 is 0 Å². The molecule has 0 bridgehead atoms. The van der Waals surface area contributed by atoms with Gasteiger partial charge in [-0.15, -0.1) is 0 Å². The molecule has 0 radical (unpaired) electrons. The molecular formula is C6H2F2N2. The summed E-state index contributed by atoms with van der Waals surface area (Å²) in [7, 11) is 0. The van der Waals surface area contributed by atoms with Crippen molar-refractivity contribution in [2.24, 2.45) is 0 Å². The number of hydrogen-bond donors (Lipinski definition) is 0. The van der Waals surface area contributed by atoms with Gasteiger partial charge in [-0.3, -0.25) is 0 Å². The summed E-state index contributed by atoms with van der Waals surface area (Å²) in [6, 6.07) is 1.12. The van der Waals surface area contributed by atoms with Crippen LogP contribution in [0.2, 0.25) is 0 Å². The minimum absolute atomic E-state index is 0.340. The largest absolute Gasteiger partial charge is 0.237 e. The molecule has 0 unspecified atom stereocenters. The van der Waals surface area contributed by atoms with Gasteiger partial charge in [-0.05, 0) is 6.07 Å². The highest BCUT2D eigenvalue weighted by Gasteiger charge is 2.06. The molecule has 0 aliphatic rings. The van der Waals surface area contributed by atoms with Crippen LogP contribution in [-0.2, 0) is 0 Å². The normalized spacial score (nSPS) is 8.90. The van der Waals surface area contributed by atoms with E-state index in [-0.39, 0.29) is 5.69 Å². The van der Waals surface area contributed by atoms with Gasteiger partial charge in [0.1, 0.15) is 0 Å². The summed E-state index contributed by atoms with van der Waals surface area (Å²) in [4.78, 5) is 5.73. The number of aromatic nitrogens is 1. The third-order valence-corrected chi connectivity index (χ3v) is 0.947. The highest BCUT2D eigenvalue weighted by atomic mass is 19.2. The first-order valence-corrected chi connectivity index (χ1v) is 2.43. The summed E-state index contributed by atoms with van der Waals surface area (Å²) >= 11 is 0. The molecule has 0 saturated carbocycles. The summed E-state index contributed by atoms with van der Waals surface area (Å²) in [5.41, 5.74) is -0.340. The molecule has 1 heterocycles.